The van der Waals surface area contributed by atoms with Crippen LogP contribution in [0.1, 0.15) is 47.6 Å². The van der Waals surface area contributed by atoms with Crippen LogP contribution < -0.4 is 0 Å². The molecule has 2 aromatic heterocycles. The zero-order valence-corrected chi connectivity index (χ0v) is 15.0. The lowest BCUT2D eigenvalue weighted by atomic mass is 10.1. The summed E-state index contributed by atoms with van der Waals surface area (Å²) >= 11 is 0. The van der Waals surface area contributed by atoms with Crippen molar-refractivity contribution >= 4 is 5.91 Å². The van der Waals surface area contributed by atoms with Gasteiger partial charge in [-0.05, 0) is 25.1 Å². The molecule has 3 rings (SSSR count). The minimum atomic E-state index is -0.0206. The maximum atomic E-state index is 12.9. The zero-order chi connectivity index (χ0) is 17.3. The molecule has 6 heteroatoms. The van der Waals surface area contributed by atoms with Gasteiger partial charge in [0.25, 0.3) is 5.91 Å². The number of carbonyl (C=O) groups excluding carboxylic acids is 1. The van der Waals surface area contributed by atoms with E-state index in [2.05, 4.69) is 16.8 Å². The molecule has 1 amide bonds. The minimum absolute atomic E-state index is 0.0206. The highest BCUT2D eigenvalue weighted by Crippen LogP contribution is 2.25. The van der Waals surface area contributed by atoms with Crippen LogP contribution in [0.2, 0.25) is 0 Å². The van der Waals surface area contributed by atoms with Crippen LogP contribution in [-0.4, -0.2) is 51.4 Å². The highest BCUT2D eigenvalue weighted by molar-refractivity contribution is 5.92. The van der Waals surface area contributed by atoms with Crippen molar-refractivity contribution in [1.29, 1.82) is 0 Å². The molecular weight excluding hydrogens is 304 g/mol. The molecule has 130 valence electrons. The van der Waals surface area contributed by atoms with Gasteiger partial charge in [0, 0.05) is 45.5 Å². The largest absolute Gasteiger partial charge is 0.456 e. The molecule has 1 saturated heterocycles. The van der Waals surface area contributed by atoms with Crippen molar-refractivity contribution < 1.29 is 9.21 Å². The van der Waals surface area contributed by atoms with Crippen LogP contribution in [0.25, 0.3) is 0 Å². The van der Waals surface area contributed by atoms with E-state index in [1.807, 2.05) is 48.8 Å². The van der Waals surface area contributed by atoms with Gasteiger partial charge in [0.15, 0.2) is 5.76 Å². The van der Waals surface area contributed by atoms with E-state index in [0.717, 1.165) is 43.2 Å². The highest BCUT2D eigenvalue weighted by Gasteiger charge is 2.33. The third-order valence-corrected chi connectivity index (χ3v) is 4.89. The van der Waals surface area contributed by atoms with Crippen molar-refractivity contribution in [3.63, 3.8) is 0 Å². The summed E-state index contributed by atoms with van der Waals surface area (Å²) in [7, 11) is 2.00. The van der Waals surface area contributed by atoms with Crippen LogP contribution in [0.4, 0.5) is 0 Å². The first-order valence-corrected chi connectivity index (χ1v) is 8.65. The van der Waals surface area contributed by atoms with Gasteiger partial charge in [-0.2, -0.15) is 0 Å². The fourth-order valence-electron chi connectivity index (χ4n) is 3.46. The van der Waals surface area contributed by atoms with E-state index in [4.69, 9.17) is 4.42 Å². The molecule has 1 atom stereocenters. The van der Waals surface area contributed by atoms with Crippen LogP contribution in [0.15, 0.2) is 22.9 Å². The number of rotatable bonds is 4. The van der Waals surface area contributed by atoms with Gasteiger partial charge >= 0.3 is 0 Å². The van der Waals surface area contributed by atoms with Crippen LogP contribution in [0.5, 0.6) is 0 Å². The fraction of sp³-hybridized carbons (Fsp3) is 0.556. The van der Waals surface area contributed by atoms with E-state index in [1.165, 1.54) is 0 Å². The Morgan fingerprint density at radius 1 is 1.38 bits per heavy atom. The Kier molecular flexibility index (Phi) is 4.76. The number of nitrogens with zero attached hydrogens (tertiary/aromatic N) is 4. The Balaban J connectivity index is 1.82. The Morgan fingerprint density at radius 3 is 2.75 bits per heavy atom. The lowest BCUT2D eigenvalue weighted by molar-refractivity contribution is 0.0445. The van der Waals surface area contributed by atoms with Crippen LogP contribution in [0, 0.1) is 6.92 Å². The fourth-order valence-corrected chi connectivity index (χ4v) is 3.46. The van der Waals surface area contributed by atoms with E-state index in [1.54, 1.807) is 0 Å². The molecule has 2 aromatic rings. The van der Waals surface area contributed by atoms with Gasteiger partial charge in [0.1, 0.15) is 11.6 Å². The quantitative estimate of drug-likeness (QED) is 0.864. The molecule has 6 nitrogen and oxygen atoms in total. The summed E-state index contributed by atoms with van der Waals surface area (Å²) in [5.74, 6) is 2.33. The first-order chi connectivity index (χ1) is 11.5. The Morgan fingerprint density at radius 2 is 2.17 bits per heavy atom. The van der Waals surface area contributed by atoms with E-state index in [9.17, 15) is 4.79 Å². The van der Waals surface area contributed by atoms with Crippen molar-refractivity contribution in [2.75, 3.05) is 26.2 Å². The first-order valence-electron chi connectivity index (χ1n) is 8.65. The molecule has 0 N–H and O–H groups in total. The number of aromatic nitrogens is 2. The Hall–Kier alpha value is -2.08. The molecule has 0 aliphatic carbocycles. The Labute approximate surface area is 143 Å². The third kappa shape index (κ3) is 2.98. The van der Waals surface area contributed by atoms with Crippen molar-refractivity contribution in [3.8, 4) is 0 Å². The second-order valence-corrected chi connectivity index (χ2v) is 6.36. The molecule has 0 spiro atoms. The highest BCUT2D eigenvalue weighted by atomic mass is 16.4. The van der Waals surface area contributed by atoms with E-state index in [0.29, 0.717) is 12.3 Å². The van der Waals surface area contributed by atoms with Crippen molar-refractivity contribution in [2.24, 2.45) is 7.05 Å². The van der Waals surface area contributed by atoms with Gasteiger partial charge in [-0.15, -0.1) is 0 Å². The predicted octanol–water partition coefficient (Wildman–Crippen LogP) is 2.40. The monoisotopic (exact) mass is 330 g/mol. The molecule has 0 radical (unpaired) electrons. The van der Waals surface area contributed by atoms with Crippen molar-refractivity contribution in [1.82, 2.24) is 19.4 Å². The summed E-state index contributed by atoms with van der Waals surface area (Å²) in [6.07, 6.45) is 4.57. The second kappa shape index (κ2) is 6.81. The number of imidazole rings is 1. The van der Waals surface area contributed by atoms with Crippen molar-refractivity contribution in [3.05, 3.63) is 41.4 Å². The molecule has 1 aliphatic heterocycles. The maximum Gasteiger partial charge on any atom is 0.289 e. The molecule has 0 aromatic carbocycles. The smallest absolute Gasteiger partial charge is 0.289 e. The number of carbonyl (C=O) groups is 1. The number of hydrogen-bond acceptors (Lipinski definition) is 4. The van der Waals surface area contributed by atoms with Gasteiger partial charge in [-0.1, -0.05) is 13.8 Å². The van der Waals surface area contributed by atoms with Crippen LogP contribution >= 0.6 is 0 Å². The summed E-state index contributed by atoms with van der Waals surface area (Å²) in [5, 5.41) is 0. The van der Waals surface area contributed by atoms with Gasteiger partial charge in [0.2, 0.25) is 0 Å². The summed E-state index contributed by atoms with van der Waals surface area (Å²) < 4.78 is 7.79. The third-order valence-electron chi connectivity index (χ3n) is 4.89. The molecule has 24 heavy (non-hydrogen) atoms. The average molecular weight is 330 g/mol. The standard InChI is InChI=1S/C18H26N4O2/c1-5-15-13(3)11-16(24-15)18(23)22-10-9-21(6-2)14(12-22)17-19-7-8-20(17)4/h7-8,11,14H,5-6,9-10,12H2,1-4H3. The molecular formula is C18H26N4O2. The SMILES string of the molecule is CCc1oc(C(=O)N2CCN(CC)C(c3nccn3C)C2)cc1C. The summed E-state index contributed by atoms with van der Waals surface area (Å²) in [6.45, 7) is 9.33. The number of amides is 1. The lowest BCUT2D eigenvalue weighted by Gasteiger charge is -2.40. The number of likely N-dealkylation sites (N-methyl/N-ethyl adjacent to an activating group) is 1. The number of aryl methyl sites for hydroxylation is 3. The predicted molar refractivity (Wildman–Crippen MR) is 91.9 cm³/mol. The molecule has 3 heterocycles. The van der Waals surface area contributed by atoms with Gasteiger partial charge < -0.3 is 13.9 Å². The summed E-state index contributed by atoms with van der Waals surface area (Å²) in [6, 6.07) is 1.98. The van der Waals surface area contributed by atoms with Crippen molar-refractivity contribution in [2.45, 2.75) is 33.2 Å². The second-order valence-electron chi connectivity index (χ2n) is 6.36. The maximum absolute atomic E-state index is 12.9. The first kappa shape index (κ1) is 16.8. The van der Waals surface area contributed by atoms with Gasteiger partial charge in [-0.25, -0.2) is 4.98 Å². The van der Waals surface area contributed by atoms with Crippen LogP contribution in [0.3, 0.4) is 0 Å². The normalized spacial score (nSPS) is 19.0. The number of furan rings is 1. The topological polar surface area (TPSA) is 54.5 Å². The molecule has 1 fully saturated rings. The van der Waals surface area contributed by atoms with E-state index in [-0.39, 0.29) is 11.9 Å². The lowest BCUT2D eigenvalue weighted by Crippen LogP contribution is -2.50. The molecule has 1 aliphatic rings. The molecule has 1 unspecified atom stereocenters. The average Bonchev–Trinajstić information content (AvgIpc) is 3.19. The minimum Gasteiger partial charge on any atom is -0.456 e. The summed E-state index contributed by atoms with van der Waals surface area (Å²) in [5.41, 5.74) is 1.05. The number of hydrogen-bond donors (Lipinski definition) is 0. The summed E-state index contributed by atoms with van der Waals surface area (Å²) in [4.78, 5) is 21.6. The van der Waals surface area contributed by atoms with Gasteiger partial charge in [0.05, 0.1) is 6.04 Å². The van der Waals surface area contributed by atoms with Gasteiger partial charge in [-0.3, -0.25) is 9.69 Å². The van der Waals surface area contributed by atoms with Crippen LogP contribution in [-0.2, 0) is 13.5 Å². The zero-order valence-electron chi connectivity index (χ0n) is 15.0. The Bertz CT molecular complexity index is 718. The van der Waals surface area contributed by atoms with E-state index < -0.39 is 0 Å². The molecule has 0 saturated carbocycles. The molecule has 0 bridgehead atoms. The van der Waals surface area contributed by atoms with E-state index >= 15 is 0 Å². The number of piperazine rings is 1.